The van der Waals surface area contributed by atoms with Gasteiger partial charge in [-0.3, -0.25) is 0 Å². The lowest BCUT2D eigenvalue weighted by atomic mass is 9.96. The number of benzene rings is 2. The van der Waals surface area contributed by atoms with Crippen molar-refractivity contribution in [2.75, 3.05) is 6.54 Å². The minimum Gasteiger partial charge on any atom is -0.310 e. The van der Waals surface area contributed by atoms with Gasteiger partial charge in [-0.15, -0.1) is 0 Å². The largest absolute Gasteiger partial charge is 0.310 e. The van der Waals surface area contributed by atoms with Crippen molar-refractivity contribution in [2.24, 2.45) is 0 Å². The van der Waals surface area contributed by atoms with Gasteiger partial charge >= 0.3 is 0 Å². The van der Waals surface area contributed by atoms with Crippen LogP contribution in [0.4, 0.5) is 0 Å². The first-order valence-corrected chi connectivity index (χ1v) is 8.36. The van der Waals surface area contributed by atoms with Crippen LogP contribution in [0.5, 0.6) is 0 Å². The Morgan fingerprint density at radius 2 is 1.67 bits per heavy atom. The van der Waals surface area contributed by atoms with Gasteiger partial charge in [-0.25, -0.2) is 0 Å². The zero-order valence-corrected chi connectivity index (χ0v) is 14.9. The lowest BCUT2D eigenvalue weighted by Gasteiger charge is -2.20. The van der Waals surface area contributed by atoms with Crippen molar-refractivity contribution >= 4 is 15.9 Å². The summed E-state index contributed by atoms with van der Waals surface area (Å²) in [4.78, 5) is 0. The number of rotatable bonds is 5. The van der Waals surface area contributed by atoms with Crippen LogP contribution in [0.15, 0.2) is 40.9 Å². The van der Waals surface area contributed by atoms with Gasteiger partial charge in [-0.2, -0.15) is 0 Å². The van der Waals surface area contributed by atoms with Crippen LogP contribution in [0.2, 0.25) is 0 Å². The van der Waals surface area contributed by atoms with Crippen molar-refractivity contribution in [1.29, 1.82) is 0 Å². The number of hydrogen-bond acceptors (Lipinski definition) is 1. The van der Waals surface area contributed by atoms with Gasteiger partial charge in [0.25, 0.3) is 0 Å². The van der Waals surface area contributed by atoms with E-state index in [9.17, 15) is 0 Å². The third kappa shape index (κ3) is 4.18. The molecule has 112 valence electrons. The van der Waals surface area contributed by atoms with Crippen molar-refractivity contribution in [2.45, 2.75) is 40.2 Å². The molecule has 0 aliphatic heterocycles. The molecule has 21 heavy (non-hydrogen) atoms. The Bertz CT molecular complexity index is 619. The molecule has 2 aromatic rings. The van der Waals surface area contributed by atoms with Crippen molar-refractivity contribution in [3.05, 3.63) is 68.7 Å². The zero-order chi connectivity index (χ0) is 15.4. The summed E-state index contributed by atoms with van der Waals surface area (Å²) in [7, 11) is 0. The number of nitrogens with one attached hydrogen (secondary N) is 1. The number of likely N-dealkylation sites (N-methyl/N-ethyl adjacent to an activating group) is 1. The van der Waals surface area contributed by atoms with Crippen LogP contribution in [-0.4, -0.2) is 6.54 Å². The summed E-state index contributed by atoms with van der Waals surface area (Å²) in [5.74, 6) is 0. The third-order valence-corrected chi connectivity index (χ3v) is 4.91. The average Bonchev–Trinajstić information content (AvgIpc) is 2.45. The minimum absolute atomic E-state index is 0.356. The topological polar surface area (TPSA) is 12.0 Å². The number of hydrogen-bond donors (Lipinski definition) is 1. The summed E-state index contributed by atoms with van der Waals surface area (Å²) in [6.07, 6.45) is 1.02. The monoisotopic (exact) mass is 345 g/mol. The molecule has 1 atom stereocenters. The Morgan fingerprint density at radius 1 is 0.952 bits per heavy atom. The van der Waals surface area contributed by atoms with Crippen molar-refractivity contribution < 1.29 is 0 Å². The molecule has 0 radical (unpaired) electrons. The second-order valence-electron chi connectivity index (χ2n) is 5.74. The molecule has 0 saturated carbocycles. The molecule has 0 fully saturated rings. The lowest BCUT2D eigenvalue weighted by molar-refractivity contribution is 0.549. The van der Waals surface area contributed by atoms with Gasteiger partial charge in [-0.05, 0) is 67.6 Å². The predicted octanol–water partition coefficient (Wildman–Crippen LogP) is 5.27. The fourth-order valence-corrected chi connectivity index (χ4v) is 2.94. The summed E-state index contributed by atoms with van der Waals surface area (Å²) in [5, 5.41) is 3.61. The second kappa shape index (κ2) is 7.24. The summed E-state index contributed by atoms with van der Waals surface area (Å²) in [6.45, 7) is 9.61. The molecule has 2 rings (SSSR count). The third-order valence-electron chi connectivity index (χ3n) is 4.06. The normalized spacial score (nSPS) is 12.4. The lowest BCUT2D eigenvalue weighted by Crippen LogP contribution is -2.23. The molecule has 2 aromatic carbocycles. The van der Waals surface area contributed by atoms with Crippen molar-refractivity contribution in [3.63, 3.8) is 0 Å². The molecule has 1 N–H and O–H groups in total. The Kier molecular flexibility index (Phi) is 5.60. The number of halogens is 1. The molecule has 0 saturated heterocycles. The van der Waals surface area contributed by atoms with Crippen LogP contribution in [0.25, 0.3) is 0 Å². The molecule has 0 spiro atoms. The molecule has 0 aromatic heterocycles. The fraction of sp³-hybridized carbons (Fsp3) is 0.368. The highest BCUT2D eigenvalue weighted by Crippen LogP contribution is 2.25. The van der Waals surface area contributed by atoms with Crippen LogP contribution in [0.3, 0.4) is 0 Å². The Hall–Kier alpha value is -1.12. The van der Waals surface area contributed by atoms with E-state index in [0.717, 1.165) is 13.0 Å². The van der Waals surface area contributed by atoms with E-state index in [1.807, 2.05) is 0 Å². The highest BCUT2D eigenvalue weighted by molar-refractivity contribution is 9.10. The second-order valence-corrected chi connectivity index (χ2v) is 6.60. The van der Waals surface area contributed by atoms with E-state index >= 15 is 0 Å². The molecular weight excluding hydrogens is 322 g/mol. The summed E-state index contributed by atoms with van der Waals surface area (Å²) in [5.41, 5.74) is 6.73. The summed E-state index contributed by atoms with van der Waals surface area (Å²) < 4.78 is 1.18. The van der Waals surface area contributed by atoms with Crippen LogP contribution < -0.4 is 5.32 Å². The van der Waals surface area contributed by atoms with Crippen LogP contribution in [0, 0.1) is 20.8 Å². The maximum absolute atomic E-state index is 3.64. The first kappa shape index (κ1) is 16.3. The van der Waals surface area contributed by atoms with Crippen LogP contribution >= 0.6 is 15.9 Å². The highest BCUT2D eigenvalue weighted by Gasteiger charge is 2.12. The van der Waals surface area contributed by atoms with Gasteiger partial charge in [0.2, 0.25) is 0 Å². The molecule has 0 amide bonds. The van der Waals surface area contributed by atoms with Gasteiger partial charge in [0, 0.05) is 10.5 Å². The van der Waals surface area contributed by atoms with Gasteiger partial charge in [0.1, 0.15) is 0 Å². The number of aryl methyl sites for hydroxylation is 3. The van der Waals surface area contributed by atoms with Crippen LogP contribution in [0.1, 0.15) is 40.8 Å². The highest BCUT2D eigenvalue weighted by atomic mass is 79.9. The van der Waals surface area contributed by atoms with E-state index in [1.54, 1.807) is 0 Å². The van der Waals surface area contributed by atoms with Crippen molar-refractivity contribution in [3.8, 4) is 0 Å². The Balaban J connectivity index is 2.25. The zero-order valence-electron chi connectivity index (χ0n) is 13.3. The molecule has 1 unspecified atom stereocenters. The van der Waals surface area contributed by atoms with E-state index in [2.05, 4.69) is 85.3 Å². The van der Waals surface area contributed by atoms with E-state index in [-0.39, 0.29) is 0 Å². The molecule has 0 aliphatic rings. The first-order chi connectivity index (χ1) is 10.0. The van der Waals surface area contributed by atoms with Gasteiger partial charge in [0.15, 0.2) is 0 Å². The maximum atomic E-state index is 3.64. The van der Waals surface area contributed by atoms with Crippen molar-refractivity contribution in [1.82, 2.24) is 5.32 Å². The van der Waals surface area contributed by atoms with Gasteiger partial charge < -0.3 is 5.32 Å². The van der Waals surface area contributed by atoms with Crippen LogP contribution in [-0.2, 0) is 6.42 Å². The summed E-state index contributed by atoms with van der Waals surface area (Å²) >= 11 is 3.64. The van der Waals surface area contributed by atoms with E-state index in [0.29, 0.717) is 6.04 Å². The van der Waals surface area contributed by atoms with E-state index in [1.165, 1.54) is 32.3 Å². The Morgan fingerprint density at radius 3 is 2.29 bits per heavy atom. The molecule has 0 bridgehead atoms. The quantitative estimate of drug-likeness (QED) is 0.778. The SMILES string of the molecule is CCNC(Cc1ccc(C)c(C)c1)c1ccc(C)c(Br)c1. The smallest absolute Gasteiger partial charge is 0.0361 e. The van der Waals surface area contributed by atoms with Gasteiger partial charge in [-0.1, -0.05) is 53.2 Å². The Labute approximate surface area is 136 Å². The molecular formula is C19H24BrN. The molecule has 0 aliphatic carbocycles. The summed E-state index contributed by atoms with van der Waals surface area (Å²) in [6, 6.07) is 13.8. The maximum Gasteiger partial charge on any atom is 0.0361 e. The van der Waals surface area contributed by atoms with Gasteiger partial charge in [0.05, 0.1) is 0 Å². The van der Waals surface area contributed by atoms with E-state index < -0.39 is 0 Å². The fourth-order valence-electron chi connectivity index (χ4n) is 2.55. The average molecular weight is 346 g/mol. The molecule has 1 nitrogen and oxygen atoms in total. The van der Waals surface area contributed by atoms with E-state index in [4.69, 9.17) is 0 Å². The first-order valence-electron chi connectivity index (χ1n) is 7.56. The molecule has 2 heteroatoms. The minimum atomic E-state index is 0.356. The standard InChI is InChI=1S/C19H24BrN/c1-5-21-19(17-9-7-14(3)18(20)12-17)11-16-8-6-13(2)15(4)10-16/h6-10,12,19,21H,5,11H2,1-4H3. The molecule has 0 heterocycles. The predicted molar refractivity (Wildman–Crippen MR) is 94.9 cm³/mol.